The number of nitrogen functional groups attached to an aromatic ring is 1. The number of aromatic amines is 1. The fourth-order valence-corrected chi connectivity index (χ4v) is 2.01. The minimum absolute atomic E-state index is 0.250. The zero-order chi connectivity index (χ0) is 13.6. The van der Waals surface area contributed by atoms with Gasteiger partial charge in [0.1, 0.15) is 0 Å². The lowest BCUT2D eigenvalue weighted by Gasteiger charge is -2.04. The Balaban J connectivity index is 2.32. The molecular weight excluding hydrogens is 252 g/mol. The van der Waals surface area contributed by atoms with Crippen molar-refractivity contribution in [3.63, 3.8) is 0 Å². The van der Waals surface area contributed by atoms with Gasteiger partial charge in [-0.1, -0.05) is 0 Å². The smallest absolute Gasteiger partial charge is 0.331 e. The number of fused-ring (bicyclic) bond motifs is 1. The Morgan fingerprint density at radius 2 is 1.84 bits per heavy atom. The van der Waals surface area contributed by atoms with Gasteiger partial charge in [0.2, 0.25) is 0 Å². The second-order valence-electron chi connectivity index (χ2n) is 4.14. The normalized spacial score (nSPS) is 11.1. The molecule has 3 aromatic rings. The van der Waals surface area contributed by atoms with Crippen molar-refractivity contribution in [3.05, 3.63) is 58.5 Å². The molecule has 0 saturated carbocycles. The maximum atomic E-state index is 13.2. The summed E-state index contributed by atoms with van der Waals surface area (Å²) in [6.07, 6.45) is 0. The summed E-state index contributed by atoms with van der Waals surface area (Å²) in [4.78, 5) is 14.5. The van der Waals surface area contributed by atoms with Gasteiger partial charge in [0.05, 0.1) is 16.7 Å². The topological polar surface area (TPSA) is 63.8 Å². The molecule has 1 aromatic heterocycles. The van der Waals surface area contributed by atoms with Crippen LogP contribution in [0, 0.1) is 11.6 Å². The molecule has 2 aromatic carbocycles. The molecule has 0 aliphatic carbocycles. The summed E-state index contributed by atoms with van der Waals surface area (Å²) in [6.45, 7) is 0. The third kappa shape index (κ3) is 1.77. The van der Waals surface area contributed by atoms with E-state index in [1.807, 2.05) is 0 Å². The summed E-state index contributed by atoms with van der Waals surface area (Å²) < 4.78 is 27.4. The molecule has 0 saturated heterocycles. The average Bonchev–Trinajstić information content (AvgIpc) is 2.68. The SMILES string of the molecule is Nc1ccc2c(c1)[nH]c(=O)n2-c1ccc(F)c(F)c1. The number of hydrogen-bond acceptors (Lipinski definition) is 2. The van der Waals surface area contributed by atoms with Crippen molar-refractivity contribution >= 4 is 16.7 Å². The van der Waals surface area contributed by atoms with Crippen molar-refractivity contribution in [2.24, 2.45) is 0 Å². The van der Waals surface area contributed by atoms with E-state index in [1.165, 1.54) is 10.6 Å². The van der Waals surface area contributed by atoms with Crippen LogP contribution in [0.5, 0.6) is 0 Å². The Labute approximate surface area is 106 Å². The number of anilines is 1. The number of nitrogens with two attached hydrogens (primary N) is 1. The lowest BCUT2D eigenvalue weighted by atomic mass is 10.2. The molecule has 0 aliphatic heterocycles. The van der Waals surface area contributed by atoms with E-state index in [-0.39, 0.29) is 5.69 Å². The first-order chi connectivity index (χ1) is 9.06. The molecule has 0 fully saturated rings. The molecule has 96 valence electrons. The van der Waals surface area contributed by atoms with Crippen LogP contribution in [0.3, 0.4) is 0 Å². The Morgan fingerprint density at radius 3 is 2.58 bits per heavy atom. The van der Waals surface area contributed by atoms with E-state index in [9.17, 15) is 13.6 Å². The number of nitrogens with zero attached hydrogens (tertiary/aromatic N) is 1. The zero-order valence-corrected chi connectivity index (χ0v) is 9.65. The lowest BCUT2D eigenvalue weighted by molar-refractivity contribution is 0.508. The minimum Gasteiger partial charge on any atom is -0.399 e. The molecule has 0 aliphatic rings. The van der Waals surface area contributed by atoms with Crippen molar-refractivity contribution in [2.45, 2.75) is 0 Å². The second-order valence-corrected chi connectivity index (χ2v) is 4.14. The summed E-state index contributed by atoms with van der Waals surface area (Å²) in [7, 11) is 0. The molecule has 3 N–H and O–H groups in total. The molecule has 3 rings (SSSR count). The quantitative estimate of drug-likeness (QED) is 0.659. The standard InChI is InChI=1S/C13H9F2N3O/c14-9-3-2-8(6-10(9)15)18-12-4-1-7(16)5-11(12)17-13(18)19/h1-6H,16H2,(H,17,19). The van der Waals surface area contributed by atoms with Gasteiger partial charge in [0.15, 0.2) is 11.6 Å². The molecule has 0 amide bonds. The van der Waals surface area contributed by atoms with Crippen LogP contribution in [-0.2, 0) is 0 Å². The van der Waals surface area contributed by atoms with Crippen molar-refractivity contribution in [2.75, 3.05) is 5.73 Å². The van der Waals surface area contributed by atoms with Crippen LogP contribution in [0.25, 0.3) is 16.7 Å². The Bertz CT molecular complexity index is 836. The monoisotopic (exact) mass is 261 g/mol. The third-order valence-electron chi connectivity index (χ3n) is 2.87. The summed E-state index contributed by atoms with van der Waals surface area (Å²) in [6, 6.07) is 8.17. The van der Waals surface area contributed by atoms with Gasteiger partial charge in [-0.15, -0.1) is 0 Å². The van der Waals surface area contributed by atoms with Crippen LogP contribution < -0.4 is 11.4 Å². The molecular formula is C13H9F2N3O. The molecule has 0 spiro atoms. The van der Waals surface area contributed by atoms with E-state index < -0.39 is 17.3 Å². The number of benzene rings is 2. The van der Waals surface area contributed by atoms with E-state index in [4.69, 9.17) is 5.73 Å². The molecule has 0 unspecified atom stereocenters. The van der Waals surface area contributed by atoms with E-state index in [0.717, 1.165) is 12.1 Å². The Morgan fingerprint density at radius 1 is 1.05 bits per heavy atom. The first-order valence-corrected chi connectivity index (χ1v) is 5.52. The van der Waals surface area contributed by atoms with Crippen LogP contribution in [0.15, 0.2) is 41.2 Å². The van der Waals surface area contributed by atoms with Crippen LogP contribution in [0.2, 0.25) is 0 Å². The summed E-state index contributed by atoms with van der Waals surface area (Å²) in [5.41, 5.74) is 7.03. The van der Waals surface area contributed by atoms with Crippen LogP contribution in [0.4, 0.5) is 14.5 Å². The average molecular weight is 261 g/mol. The first-order valence-electron chi connectivity index (χ1n) is 5.52. The fourth-order valence-electron chi connectivity index (χ4n) is 2.01. The predicted molar refractivity (Wildman–Crippen MR) is 68.2 cm³/mol. The number of halogens is 2. The van der Waals surface area contributed by atoms with Crippen LogP contribution >= 0.6 is 0 Å². The summed E-state index contributed by atoms with van der Waals surface area (Å²) in [5, 5.41) is 0. The molecule has 0 radical (unpaired) electrons. The molecule has 4 nitrogen and oxygen atoms in total. The van der Waals surface area contributed by atoms with Crippen molar-refractivity contribution in [1.82, 2.24) is 9.55 Å². The number of H-pyrrole nitrogens is 1. The zero-order valence-electron chi connectivity index (χ0n) is 9.65. The molecule has 0 atom stereocenters. The first kappa shape index (κ1) is 11.5. The van der Waals surface area contributed by atoms with Gasteiger partial charge in [-0.2, -0.15) is 0 Å². The Kier molecular flexibility index (Phi) is 2.38. The van der Waals surface area contributed by atoms with Gasteiger partial charge < -0.3 is 10.7 Å². The van der Waals surface area contributed by atoms with Gasteiger partial charge in [-0.25, -0.2) is 13.6 Å². The summed E-state index contributed by atoms with van der Waals surface area (Å²) in [5.74, 6) is -1.96. The van der Waals surface area contributed by atoms with Gasteiger partial charge in [-0.05, 0) is 30.3 Å². The van der Waals surface area contributed by atoms with Crippen molar-refractivity contribution in [1.29, 1.82) is 0 Å². The molecule has 0 bridgehead atoms. The number of rotatable bonds is 1. The number of aromatic nitrogens is 2. The second kappa shape index (κ2) is 3.94. The van der Waals surface area contributed by atoms with E-state index in [2.05, 4.69) is 4.98 Å². The predicted octanol–water partition coefficient (Wildman–Crippen LogP) is 2.18. The van der Waals surface area contributed by atoms with E-state index in [1.54, 1.807) is 18.2 Å². The molecule has 19 heavy (non-hydrogen) atoms. The van der Waals surface area contributed by atoms with Crippen molar-refractivity contribution in [3.8, 4) is 5.69 Å². The fraction of sp³-hybridized carbons (Fsp3) is 0. The Hall–Kier alpha value is -2.63. The number of hydrogen-bond donors (Lipinski definition) is 2. The summed E-state index contributed by atoms with van der Waals surface area (Å²) >= 11 is 0. The maximum absolute atomic E-state index is 13.2. The van der Waals surface area contributed by atoms with E-state index >= 15 is 0 Å². The third-order valence-corrected chi connectivity index (χ3v) is 2.87. The largest absolute Gasteiger partial charge is 0.399 e. The molecule has 1 heterocycles. The van der Waals surface area contributed by atoms with Gasteiger partial charge in [0, 0.05) is 11.8 Å². The van der Waals surface area contributed by atoms with Gasteiger partial charge >= 0.3 is 5.69 Å². The highest BCUT2D eigenvalue weighted by atomic mass is 19.2. The highest BCUT2D eigenvalue weighted by Gasteiger charge is 2.11. The molecule has 6 heteroatoms. The van der Waals surface area contributed by atoms with Gasteiger partial charge in [0.25, 0.3) is 0 Å². The minimum atomic E-state index is -1.01. The van der Waals surface area contributed by atoms with Gasteiger partial charge in [-0.3, -0.25) is 4.57 Å². The maximum Gasteiger partial charge on any atom is 0.331 e. The lowest BCUT2D eigenvalue weighted by Crippen LogP contribution is -2.14. The highest BCUT2D eigenvalue weighted by Crippen LogP contribution is 2.19. The van der Waals surface area contributed by atoms with Crippen LogP contribution in [-0.4, -0.2) is 9.55 Å². The number of nitrogens with one attached hydrogen (secondary N) is 1. The highest BCUT2D eigenvalue weighted by molar-refractivity contribution is 5.80. The van der Waals surface area contributed by atoms with E-state index in [0.29, 0.717) is 16.7 Å². The van der Waals surface area contributed by atoms with Crippen molar-refractivity contribution < 1.29 is 8.78 Å². The number of imidazole rings is 1. The van der Waals surface area contributed by atoms with Crippen LogP contribution in [0.1, 0.15) is 0 Å².